The molecule has 4 fully saturated rings. The van der Waals surface area contributed by atoms with Crippen molar-refractivity contribution in [2.75, 3.05) is 7.11 Å². The first-order chi connectivity index (χ1) is 13.7. The van der Waals surface area contributed by atoms with Crippen LogP contribution >= 0.6 is 0 Å². The van der Waals surface area contributed by atoms with Crippen molar-refractivity contribution in [3.05, 3.63) is 0 Å². The number of ether oxygens (including phenoxy) is 1. The number of esters is 1. The molecule has 0 saturated heterocycles. The Morgan fingerprint density at radius 1 is 1.07 bits per heavy atom. The van der Waals surface area contributed by atoms with E-state index in [1.807, 2.05) is 0 Å². The number of aliphatic hydroxyl groups excluding tert-OH is 1. The van der Waals surface area contributed by atoms with Crippen molar-refractivity contribution < 1.29 is 14.6 Å². The quantitative estimate of drug-likeness (QED) is 0.599. The van der Waals surface area contributed by atoms with Gasteiger partial charge >= 0.3 is 5.97 Å². The molecule has 0 aliphatic heterocycles. The third kappa shape index (κ3) is 3.48. The SMILES string of the molecule is COC(=O)CCC(C)[C@H]1CCC2[C@@H]3C(O)C[C@@H]4C[C@H](C)CC[C@]4(C)C3CC[C@@]21C. The summed E-state index contributed by atoms with van der Waals surface area (Å²) >= 11 is 0. The maximum Gasteiger partial charge on any atom is 0.305 e. The predicted octanol–water partition coefficient (Wildman–Crippen LogP) is 5.84. The van der Waals surface area contributed by atoms with E-state index >= 15 is 0 Å². The molecule has 4 unspecified atom stereocenters. The Morgan fingerprint density at radius 3 is 2.48 bits per heavy atom. The standard InChI is InChI=1S/C26H44O3/c1-16-10-12-25(3)18(14-16)15-22(27)24-20-8-7-19(17(2)6-9-23(28)29-5)26(20,4)13-11-21(24)25/h16-22,24,27H,6-15H2,1-5H3/t16-,17?,18+,19-,20?,21?,22?,24+,25+,26-/m1/s1. The first kappa shape index (κ1) is 21.7. The molecule has 166 valence electrons. The highest BCUT2D eigenvalue weighted by Gasteiger charge is 2.62. The number of aliphatic hydroxyl groups is 1. The molecule has 4 aliphatic rings. The topological polar surface area (TPSA) is 46.5 Å². The molecular weight excluding hydrogens is 360 g/mol. The van der Waals surface area contributed by atoms with Gasteiger partial charge in [0, 0.05) is 6.42 Å². The summed E-state index contributed by atoms with van der Waals surface area (Å²) in [5.41, 5.74) is 0.787. The Morgan fingerprint density at radius 2 is 1.76 bits per heavy atom. The van der Waals surface area contributed by atoms with E-state index in [2.05, 4.69) is 27.7 Å². The summed E-state index contributed by atoms with van der Waals surface area (Å²) in [6, 6.07) is 0. The van der Waals surface area contributed by atoms with E-state index in [9.17, 15) is 9.90 Å². The summed E-state index contributed by atoms with van der Waals surface area (Å²) in [7, 11) is 1.49. The fourth-order valence-corrected chi connectivity index (χ4v) is 9.06. The van der Waals surface area contributed by atoms with Gasteiger partial charge in [-0.15, -0.1) is 0 Å². The van der Waals surface area contributed by atoms with Gasteiger partial charge in [0.05, 0.1) is 13.2 Å². The molecule has 4 aliphatic carbocycles. The number of rotatable bonds is 4. The first-order valence-corrected chi connectivity index (χ1v) is 12.5. The Kier molecular flexibility index (Phi) is 5.86. The van der Waals surface area contributed by atoms with Crippen LogP contribution in [0.25, 0.3) is 0 Å². The summed E-state index contributed by atoms with van der Waals surface area (Å²) in [4.78, 5) is 11.7. The third-order valence-electron chi connectivity index (χ3n) is 10.7. The molecule has 0 aromatic heterocycles. The molecule has 3 heteroatoms. The van der Waals surface area contributed by atoms with Gasteiger partial charge in [0.25, 0.3) is 0 Å². The van der Waals surface area contributed by atoms with E-state index in [1.54, 1.807) is 0 Å². The van der Waals surface area contributed by atoms with Crippen LogP contribution in [0, 0.1) is 52.3 Å². The monoisotopic (exact) mass is 404 g/mol. The molecule has 10 atom stereocenters. The number of fused-ring (bicyclic) bond motifs is 5. The van der Waals surface area contributed by atoms with Crippen LogP contribution in [0.1, 0.15) is 91.9 Å². The summed E-state index contributed by atoms with van der Waals surface area (Å²) in [6.07, 6.45) is 11.7. The molecule has 0 aromatic rings. The smallest absolute Gasteiger partial charge is 0.305 e. The molecule has 0 amide bonds. The molecule has 3 nitrogen and oxygen atoms in total. The van der Waals surface area contributed by atoms with Gasteiger partial charge in [-0.05, 0) is 104 Å². The summed E-state index contributed by atoms with van der Waals surface area (Å²) in [5.74, 6) is 4.60. The molecule has 4 saturated carbocycles. The highest BCUT2D eigenvalue weighted by atomic mass is 16.5. The van der Waals surface area contributed by atoms with Crippen molar-refractivity contribution in [1.82, 2.24) is 0 Å². The number of carbonyl (C=O) groups excluding carboxylic acids is 1. The van der Waals surface area contributed by atoms with Crippen molar-refractivity contribution in [3.8, 4) is 0 Å². The minimum Gasteiger partial charge on any atom is -0.469 e. The normalized spacial score (nSPS) is 50.2. The number of methoxy groups -OCH3 is 1. The molecule has 0 bridgehead atoms. The predicted molar refractivity (Wildman–Crippen MR) is 116 cm³/mol. The van der Waals surface area contributed by atoms with Crippen LogP contribution in [-0.2, 0) is 9.53 Å². The van der Waals surface area contributed by atoms with Gasteiger partial charge in [0.15, 0.2) is 0 Å². The second kappa shape index (κ2) is 7.84. The fourth-order valence-electron chi connectivity index (χ4n) is 9.06. The molecule has 1 N–H and O–H groups in total. The average molecular weight is 405 g/mol. The summed E-state index contributed by atoms with van der Waals surface area (Å²) < 4.78 is 4.88. The van der Waals surface area contributed by atoms with Crippen molar-refractivity contribution in [2.45, 2.75) is 98.0 Å². The zero-order chi connectivity index (χ0) is 21.0. The lowest BCUT2D eigenvalue weighted by atomic mass is 9.43. The third-order valence-corrected chi connectivity index (χ3v) is 10.7. The highest BCUT2D eigenvalue weighted by Crippen LogP contribution is 2.68. The Balaban J connectivity index is 1.53. The number of hydrogen-bond donors (Lipinski definition) is 1. The van der Waals surface area contributed by atoms with E-state index in [0.29, 0.717) is 46.8 Å². The molecule has 0 heterocycles. The van der Waals surface area contributed by atoms with Gasteiger partial charge in [-0.1, -0.05) is 34.1 Å². The zero-order valence-electron chi connectivity index (χ0n) is 19.5. The van der Waals surface area contributed by atoms with Crippen molar-refractivity contribution in [3.63, 3.8) is 0 Å². The Bertz CT molecular complexity index is 617. The van der Waals surface area contributed by atoms with E-state index in [0.717, 1.165) is 24.7 Å². The van der Waals surface area contributed by atoms with Gasteiger partial charge in [-0.25, -0.2) is 0 Å². The highest BCUT2D eigenvalue weighted by molar-refractivity contribution is 5.69. The van der Waals surface area contributed by atoms with Crippen molar-refractivity contribution in [2.24, 2.45) is 52.3 Å². The second-order valence-corrected chi connectivity index (χ2v) is 12.0. The minimum atomic E-state index is -0.0999. The summed E-state index contributed by atoms with van der Waals surface area (Å²) in [5, 5.41) is 11.4. The lowest BCUT2D eigenvalue weighted by molar-refractivity contribution is -0.168. The molecule has 0 radical (unpaired) electrons. The minimum absolute atomic E-state index is 0.0755. The lowest BCUT2D eigenvalue weighted by Gasteiger charge is -2.62. The van der Waals surface area contributed by atoms with E-state index < -0.39 is 0 Å². The largest absolute Gasteiger partial charge is 0.469 e. The number of hydrogen-bond acceptors (Lipinski definition) is 3. The second-order valence-electron chi connectivity index (χ2n) is 12.0. The molecule has 0 aromatic carbocycles. The van der Waals surface area contributed by atoms with Crippen LogP contribution < -0.4 is 0 Å². The van der Waals surface area contributed by atoms with Gasteiger partial charge in [-0.3, -0.25) is 4.79 Å². The zero-order valence-corrected chi connectivity index (χ0v) is 19.5. The van der Waals surface area contributed by atoms with E-state index in [1.165, 1.54) is 52.1 Å². The first-order valence-electron chi connectivity index (χ1n) is 12.5. The van der Waals surface area contributed by atoms with Gasteiger partial charge in [0.2, 0.25) is 0 Å². The molecule has 29 heavy (non-hydrogen) atoms. The van der Waals surface area contributed by atoms with Crippen LogP contribution in [0.3, 0.4) is 0 Å². The molecular formula is C26H44O3. The van der Waals surface area contributed by atoms with Crippen LogP contribution in [0.2, 0.25) is 0 Å². The average Bonchev–Trinajstić information content (AvgIpc) is 3.04. The Hall–Kier alpha value is -0.570. The Labute approximate surface area is 178 Å². The van der Waals surface area contributed by atoms with Crippen molar-refractivity contribution in [1.29, 1.82) is 0 Å². The van der Waals surface area contributed by atoms with Gasteiger partial charge in [-0.2, -0.15) is 0 Å². The maximum atomic E-state index is 11.7. The number of carbonyl (C=O) groups is 1. The summed E-state index contributed by atoms with van der Waals surface area (Å²) in [6.45, 7) is 9.88. The van der Waals surface area contributed by atoms with Crippen LogP contribution in [0.5, 0.6) is 0 Å². The molecule has 0 spiro atoms. The van der Waals surface area contributed by atoms with Crippen LogP contribution in [0.15, 0.2) is 0 Å². The van der Waals surface area contributed by atoms with Crippen LogP contribution in [0.4, 0.5) is 0 Å². The van der Waals surface area contributed by atoms with E-state index in [4.69, 9.17) is 4.74 Å². The van der Waals surface area contributed by atoms with Gasteiger partial charge < -0.3 is 9.84 Å². The van der Waals surface area contributed by atoms with Crippen LogP contribution in [-0.4, -0.2) is 24.3 Å². The molecule has 4 rings (SSSR count). The van der Waals surface area contributed by atoms with Crippen molar-refractivity contribution >= 4 is 5.97 Å². The lowest BCUT2D eigenvalue weighted by Crippen LogP contribution is -2.58. The van der Waals surface area contributed by atoms with Gasteiger partial charge in [0.1, 0.15) is 0 Å². The maximum absolute atomic E-state index is 11.7. The fraction of sp³-hybridized carbons (Fsp3) is 0.962. The van der Waals surface area contributed by atoms with E-state index in [-0.39, 0.29) is 12.1 Å².